The maximum Gasteiger partial charge on any atom is 0.235 e. The number of thioether (sulfide) groups is 1. The summed E-state index contributed by atoms with van der Waals surface area (Å²) in [6.07, 6.45) is 4.17. The van der Waals surface area contributed by atoms with Crippen LogP contribution in [0.3, 0.4) is 0 Å². The number of likely N-dealkylation sites (tertiary alicyclic amines) is 1. The molecule has 1 saturated heterocycles. The molecule has 100 valence electrons. The molecule has 1 amide bonds. The van der Waals surface area contributed by atoms with Gasteiger partial charge >= 0.3 is 0 Å². The lowest BCUT2D eigenvalue weighted by Crippen LogP contribution is -2.34. The van der Waals surface area contributed by atoms with Crippen molar-refractivity contribution >= 4 is 23.3 Å². The standard InChI is InChI=1S/C13H16N4OS/c1-10(12(18)16-7-4-5-8-16)19-13-15-14-11-6-2-3-9-17(11)13/h2-3,6,9-10H,4-5,7-8H2,1H3/t10-/m0/s1. The van der Waals surface area contributed by atoms with Crippen LogP contribution < -0.4 is 0 Å². The predicted molar refractivity (Wildman–Crippen MR) is 74.1 cm³/mol. The molecule has 0 radical (unpaired) electrons. The number of hydrogen-bond donors (Lipinski definition) is 0. The van der Waals surface area contributed by atoms with E-state index >= 15 is 0 Å². The zero-order valence-electron chi connectivity index (χ0n) is 10.8. The number of pyridine rings is 1. The fraction of sp³-hybridized carbons (Fsp3) is 0.462. The molecule has 0 aliphatic carbocycles. The molecule has 0 saturated carbocycles. The molecule has 1 atom stereocenters. The largest absolute Gasteiger partial charge is 0.342 e. The Labute approximate surface area is 116 Å². The molecule has 1 aliphatic rings. The second-order valence-corrected chi connectivity index (χ2v) is 6.01. The van der Waals surface area contributed by atoms with Crippen LogP contribution in [0.25, 0.3) is 5.65 Å². The molecule has 3 heterocycles. The van der Waals surface area contributed by atoms with E-state index in [4.69, 9.17) is 0 Å². The molecule has 1 aliphatic heterocycles. The van der Waals surface area contributed by atoms with Crippen molar-refractivity contribution < 1.29 is 4.79 Å². The van der Waals surface area contributed by atoms with E-state index in [2.05, 4.69) is 10.2 Å². The summed E-state index contributed by atoms with van der Waals surface area (Å²) in [4.78, 5) is 14.2. The predicted octanol–water partition coefficient (Wildman–Crippen LogP) is 1.83. The SMILES string of the molecule is C[C@H](Sc1nnc2ccccn12)C(=O)N1CCCC1. The van der Waals surface area contributed by atoms with Crippen molar-refractivity contribution in [2.45, 2.75) is 30.2 Å². The van der Waals surface area contributed by atoms with Gasteiger partial charge in [-0.2, -0.15) is 0 Å². The van der Waals surface area contributed by atoms with E-state index in [1.54, 1.807) is 0 Å². The average Bonchev–Trinajstić information content (AvgIpc) is 3.08. The highest BCUT2D eigenvalue weighted by atomic mass is 32.2. The second-order valence-electron chi connectivity index (χ2n) is 4.70. The average molecular weight is 276 g/mol. The van der Waals surface area contributed by atoms with E-state index < -0.39 is 0 Å². The lowest BCUT2D eigenvalue weighted by molar-refractivity contribution is -0.129. The minimum absolute atomic E-state index is 0.120. The fourth-order valence-electron chi connectivity index (χ4n) is 2.30. The Morgan fingerprint density at radius 3 is 2.89 bits per heavy atom. The molecule has 6 heteroatoms. The van der Waals surface area contributed by atoms with Crippen molar-refractivity contribution in [3.05, 3.63) is 24.4 Å². The highest BCUT2D eigenvalue weighted by Gasteiger charge is 2.25. The number of amides is 1. The van der Waals surface area contributed by atoms with Crippen LogP contribution in [-0.4, -0.2) is 43.7 Å². The summed E-state index contributed by atoms with van der Waals surface area (Å²) in [5, 5.41) is 8.90. The van der Waals surface area contributed by atoms with Gasteiger partial charge in [0.05, 0.1) is 5.25 Å². The van der Waals surface area contributed by atoms with Gasteiger partial charge in [-0.3, -0.25) is 9.20 Å². The molecule has 2 aromatic heterocycles. The highest BCUT2D eigenvalue weighted by Crippen LogP contribution is 2.24. The molecule has 19 heavy (non-hydrogen) atoms. The quantitative estimate of drug-likeness (QED) is 0.803. The molecule has 0 aromatic carbocycles. The zero-order valence-corrected chi connectivity index (χ0v) is 11.6. The maximum atomic E-state index is 12.3. The maximum absolute atomic E-state index is 12.3. The summed E-state index contributed by atoms with van der Waals surface area (Å²) in [7, 11) is 0. The first kappa shape index (κ1) is 12.5. The number of rotatable bonds is 3. The molecule has 3 rings (SSSR count). The van der Waals surface area contributed by atoms with Gasteiger partial charge < -0.3 is 4.90 Å². The molecular weight excluding hydrogens is 260 g/mol. The molecule has 1 fully saturated rings. The van der Waals surface area contributed by atoms with E-state index in [1.807, 2.05) is 40.6 Å². The van der Waals surface area contributed by atoms with Gasteiger partial charge in [0.1, 0.15) is 0 Å². The van der Waals surface area contributed by atoms with E-state index in [9.17, 15) is 4.79 Å². The van der Waals surface area contributed by atoms with E-state index in [1.165, 1.54) is 11.8 Å². The van der Waals surface area contributed by atoms with Crippen molar-refractivity contribution in [2.75, 3.05) is 13.1 Å². The molecule has 5 nitrogen and oxygen atoms in total. The Morgan fingerprint density at radius 2 is 2.11 bits per heavy atom. The Hall–Kier alpha value is -1.56. The second kappa shape index (κ2) is 5.21. The van der Waals surface area contributed by atoms with Gasteiger partial charge in [0.15, 0.2) is 10.8 Å². The van der Waals surface area contributed by atoms with Gasteiger partial charge in [0.25, 0.3) is 0 Å². The van der Waals surface area contributed by atoms with Crippen molar-refractivity contribution in [3.63, 3.8) is 0 Å². The minimum Gasteiger partial charge on any atom is -0.342 e. The van der Waals surface area contributed by atoms with Crippen LogP contribution in [-0.2, 0) is 4.79 Å². The molecule has 0 spiro atoms. The van der Waals surface area contributed by atoms with Crippen molar-refractivity contribution in [2.24, 2.45) is 0 Å². The van der Waals surface area contributed by atoms with Crippen molar-refractivity contribution in [3.8, 4) is 0 Å². The van der Waals surface area contributed by atoms with Gasteiger partial charge in [-0.15, -0.1) is 10.2 Å². The van der Waals surface area contributed by atoms with Crippen LogP contribution >= 0.6 is 11.8 Å². The third-order valence-corrected chi connectivity index (χ3v) is 4.37. The summed E-state index contributed by atoms with van der Waals surface area (Å²) in [6.45, 7) is 3.73. The molecule has 0 unspecified atom stereocenters. The normalized spacial score (nSPS) is 17.0. The van der Waals surface area contributed by atoms with E-state index in [0.717, 1.165) is 36.7 Å². The molecule has 0 N–H and O–H groups in total. The lowest BCUT2D eigenvalue weighted by Gasteiger charge is -2.19. The first-order valence-electron chi connectivity index (χ1n) is 6.51. The summed E-state index contributed by atoms with van der Waals surface area (Å²) in [6, 6.07) is 5.77. The lowest BCUT2D eigenvalue weighted by atomic mass is 10.4. The number of nitrogens with zero attached hydrogens (tertiary/aromatic N) is 4. The molecule has 0 bridgehead atoms. The van der Waals surface area contributed by atoms with Gasteiger partial charge in [0, 0.05) is 19.3 Å². The highest BCUT2D eigenvalue weighted by molar-refractivity contribution is 8.00. The minimum atomic E-state index is -0.120. The number of aromatic nitrogens is 3. The Morgan fingerprint density at radius 1 is 1.32 bits per heavy atom. The van der Waals surface area contributed by atoms with E-state index in [-0.39, 0.29) is 11.2 Å². The molecule has 2 aromatic rings. The van der Waals surface area contributed by atoms with Gasteiger partial charge in [-0.05, 0) is 31.9 Å². The zero-order chi connectivity index (χ0) is 13.2. The van der Waals surface area contributed by atoms with Gasteiger partial charge in [-0.25, -0.2) is 0 Å². The summed E-state index contributed by atoms with van der Waals surface area (Å²) in [5.74, 6) is 0.204. The van der Waals surface area contributed by atoms with E-state index in [0.29, 0.717) is 0 Å². The van der Waals surface area contributed by atoms with Gasteiger partial charge in [0.2, 0.25) is 5.91 Å². The Kier molecular flexibility index (Phi) is 3.42. The summed E-state index contributed by atoms with van der Waals surface area (Å²) in [5.41, 5.74) is 0.811. The third-order valence-electron chi connectivity index (χ3n) is 3.33. The van der Waals surface area contributed by atoms with Crippen molar-refractivity contribution in [1.82, 2.24) is 19.5 Å². The van der Waals surface area contributed by atoms with Crippen LogP contribution in [0.5, 0.6) is 0 Å². The van der Waals surface area contributed by atoms with Crippen LogP contribution in [0.15, 0.2) is 29.6 Å². The number of fused-ring (bicyclic) bond motifs is 1. The van der Waals surface area contributed by atoms with Crippen molar-refractivity contribution in [1.29, 1.82) is 0 Å². The number of hydrogen-bond acceptors (Lipinski definition) is 4. The fourth-order valence-corrected chi connectivity index (χ4v) is 3.23. The topological polar surface area (TPSA) is 50.5 Å². The first-order valence-corrected chi connectivity index (χ1v) is 7.39. The van der Waals surface area contributed by atoms with Crippen LogP contribution in [0.2, 0.25) is 0 Å². The van der Waals surface area contributed by atoms with Crippen LogP contribution in [0, 0.1) is 0 Å². The smallest absolute Gasteiger partial charge is 0.235 e. The van der Waals surface area contributed by atoms with Crippen LogP contribution in [0.1, 0.15) is 19.8 Å². The van der Waals surface area contributed by atoms with Crippen LogP contribution in [0.4, 0.5) is 0 Å². The van der Waals surface area contributed by atoms with Gasteiger partial charge in [-0.1, -0.05) is 17.8 Å². The summed E-state index contributed by atoms with van der Waals surface area (Å²) < 4.78 is 1.92. The first-order chi connectivity index (χ1) is 9.25. The monoisotopic (exact) mass is 276 g/mol. The summed E-state index contributed by atoms with van der Waals surface area (Å²) >= 11 is 1.47. The number of carbonyl (C=O) groups excluding carboxylic acids is 1. The third kappa shape index (κ3) is 2.45. The Bertz CT molecular complexity index is 591. The number of carbonyl (C=O) groups is 1. The molecular formula is C13H16N4OS. The Balaban J connectivity index is 1.75.